The first-order chi connectivity index (χ1) is 14.8. The summed E-state index contributed by atoms with van der Waals surface area (Å²) in [4.78, 5) is 0. The van der Waals surface area contributed by atoms with E-state index < -0.39 is 0 Å². The maximum atomic E-state index is 15.7. The lowest BCUT2D eigenvalue weighted by Crippen LogP contribution is -2.35. The van der Waals surface area contributed by atoms with Crippen molar-refractivity contribution in [2.24, 2.45) is 18.9 Å². The van der Waals surface area contributed by atoms with Crippen molar-refractivity contribution in [1.29, 1.82) is 0 Å². The molecule has 3 saturated carbocycles. The average molecular weight is 404 g/mol. The highest BCUT2D eigenvalue weighted by atomic mass is 19.1. The molecule has 2 aromatic carbocycles. The van der Waals surface area contributed by atoms with Gasteiger partial charge in [-0.3, -0.25) is 0 Å². The van der Waals surface area contributed by atoms with Gasteiger partial charge in [-0.05, 0) is 98.1 Å². The van der Waals surface area contributed by atoms with E-state index in [4.69, 9.17) is 1.37 Å². The van der Waals surface area contributed by atoms with Crippen molar-refractivity contribution in [3.63, 3.8) is 0 Å². The minimum absolute atomic E-state index is 0.0865. The van der Waals surface area contributed by atoms with Crippen molar-refractivity contribution in [3.05, 3.63) is 64.1 Å². The zero-order valence-electron chi connectivity index (χ0n) is 19.9. The first-order valence-corrected chi connectivity index (χ1v) is 11.5. The summed E-state index contributed by atoms with van der Waals surface area (Å²) in [7, 11) is 2.01. The Hall–Kier alpha value is -2.22. The topological polar surface area (TPSA) is 3.88 Å². The van der Waals surface area contributed by atoms with Crippen LogP contribution in [-0.2, 0) is 7.05 Å². The molecule has 2 heteroatoms. The Morgan fingerprint density at radius 1 is 1.00 bits per heavy atom. The van der Waals surface area contributed by atoms with Crippen LogP contribution in [0.1, 0.15) is 67.3 Å². The van der Waals surface area contributed by atoms with E-state index in [0.717, 1.165) is 45.6 Å². The summed E-state index contributed by atoms with van der Waals surface area (Å²) < 4.78 is 26.6. The summed E-state index contributed by atoms with van der Waals surface area (Å²) in [5.41, 5.74) is 7.59. The first-order valence-electron chi connectivity index (χ1n) is 12.0. The van der Waals surface area contributed by atoms with Gasteiger partial charge >= 0.3 is 0 Å². The van der Waals surface area contributed by atoms with E-state index >= 15 is 4.39 Å². The van der Waals surface area contributed by atoms with Crippen LogP contribution in [0.4, 0.5) is 4.39 Å². The molecule has 1 atom stereocenters. The number of benzene rings is 2. The molecule has 156 valence electrons. The average Bonchev–Trinajstić information content (AvgIpc) is 2.76. The maximum absolute atomic E-state index is 15.7. The lowest BCUT2D eigenvalue weighted by atomic mass is 9.62. The molecule has 0 spiro atoms. The molecule has 1 heterocycles. The van der Waals surface area contributed by atoms with Crippen molar-refractivity contribution >= 4 is 10.8 Å². The highest BCUT2D eigenvalue weighted by Crippen LogP contribution is 2.50. The molecule has 2 bridgehead atoms. The van der Waals surface area contributed by atoms with Gasteiger partial charge in [0.15, 0.2) is 5.69 Å². The number of hydrogen-bond acceptors (Lipinski definition) is 0. The largest absolute Gasteiger partial charge is 0.220 e. The Balaban J connectivity index is 1.78. The molecule has 0 N–H and O–H groups in total. The molecule has 0 radical (unpaired) electrons. The van der Waals surface area contributed by atoms with Gasteiger partial charge in [0.2, 0.25) is 5.69 Å². The molecule has 1 unspecified atom stereocenters. The number of nitrogens with zero attached hydrogens (tertiary/aromatic N) is 1. The third kappa shape index (κ3) is 3.07. The zero-order valence-corrected chi connectivity index (χ0v) is 18.9. The fourth-order valence-corrected chi connectivity index (χ4v) is 6.17. The van der Waals surface area contributed by atoms with Crippen LogP contribution >= 0.6 is 0 Å². The Labute approximate surface area is 181 Å². The van der Waals surface area contributed by atoms with Crippen LogP contribution in [0.5, 0.6) is 0 Å². The van der Waals surface area contributed by atoms with Gasteiger partial charge in [0.25, 0.3) is 0 Å². The quantitative estimate of drug-likeness (QED) is 0.406. The SMILES string of the molecule is [2H]c1c(C)[n+](C)c(-c2cc(C)cc(C)c2C)c2cc(F)c(C3CC4CCC3CC4)cc12. The summed E-state index contributed by atoms with van der Waals surface area (Å²) in [5.74, 6) is 1.59. The molecule has 0 amide bonds. The van der Waals surface area contributed by atoms with E-state index in [1.54, 1.807) is 6.07 Å². The van der Waals surface area contributed by atoms with E-state index in [2.05, 4.69) is 37.5 Å². The van der Waals surface area contributed by atoms with Crippen LogP contribution in [0.2, 0.25) is 0 Å². The van der Waals surface area contributed by atoms with Crippen LogP contribution < -0.4 is 4.57 Å². The lowest BCUT2D eigenvalue weighted by molar-refractivity contribution is -0.665. The molecule has 3 fully saturated rings. The van der Waals surface area contributed by atoms with E-state index in [1.807, 2.05) is 20.0 Å². The van der Waals surface area contributed by atoms with Gasteiger partial charge in [0, 0.05) is 13.0 Å². The van der Waals surface area contributed by atoms with Gasteiger partial charge < -0.3 is 0 Å². The number of rotatable bonds is 2. The van der Waals surface area contributed by atoms with Gasteiger partial charge in [-0.15, -0.1) is 0 Å². The second kappa shape index (κ2) is 7.18. The number of fused-ring (bicyclic) bond motifs is 4. The molecule has 1 nitrogen and oxygen atoms in total. The first kappa shape index (κ1) is 18.5. The van der Waals surface area contributed by atoms with Gasteiger partial charge in [-0.1, -0.05) is 24.5 Å². The summed E-state index contributed by atoms with van der Waals surface area (Å²) in [5, 5.41) is 1.75. The Bertz CT molecular complexity index is 1200. The van der Waals surface area contributed by atoms with Crippen molar-refractivity contribution in [2.75, 3.05) is 0 Å². The summed E-state index contributed by atoms with van der Waals surface area (Å²) in [6, 6.07) is 8.68. The van der Waals surface area contributed by atoms with Crippen LogP contribution in [0.3, 0.4) is 0 Å². The standard InChI is InChI=1S/C28H33FN/c1-16-10-17(2)19(4)23(11-16)28-25-15-27(29)26(14-22(25)12-18(3)30(28)5)24-13-20-6-8-21(24)9-7-20/h10-12,14-15,20-21,24H,6-9,13H2,1-5H3/q+1/i12D. The normalized spacial score (nSPS) is 23.8. The van der Waals surface area contributed by atoms with Gasteiger partial charge in [0.05, 0.1) is 12.3 Å². The van der Waals surface area contributed by atoms with Crippen LogP contribution in [0, 0.1) is 45.3 Å². The fourth-order valence-electron chi connectivity index (χ4n) is 6.17. The van der Waals surface area contributed by atoms with Gasteiger partial charge in [-0.2, -0.15) is 4.57 Å². The highest BCUT2D eigenvalue weighted by Gasteiger charge is 2.37. The minimum atomic E-state index is -0.0865. The van der Waals surface area contributed by atoms with Crippen LogP contribution in [0.15, 0.2) is 30.3 Å². The monoisotopic (exact) mass is 403 g/mol. The van der Waals surface area contributed by atoms with E-state index in [-0.39, 0.29) is 5.82 Å². The van der Waals surface area contributed by atoms with Crippen LogP contribution in [0.25, 0.3) is 22.0 Å². The van der Waals surface area contributed by atoms with Crippen molar-refractivity contribution < 1.29 is 10.3 Å². The Morgan fingerprint density at radius 3 is 2.40 bits per heavy atom. The molecule has 6 rings (SSSR count). The molecule has 3 aromatic rings. The highest BCUT2D eigenvalue weighted by molar-refractivity contribution is 5.94. The minimum Gasteiger partial charge on any atom is -0.207 e. The van der Waals surface area contributed by atoms with Crippen molar-refractivity contribution in [2.45, 2.75) is 65.7 Å². The van der Waals surface area contributed by atoms with Crippen molar-refractivity contribution in [1.82, 2.24) is 0 Å². The van der Waals surface area contributed by atoms with Gasteiger partial charge in [0.1, 0.15) is 12.9 Å². The lowest BCUT2D eigenvalue weighted by Gasteiger charge is -2.42. The molecule has 0 aliphatic heterocycles. The molecule has 1 aromatic heterocycles. The predicted molar refractivity (Wildman–Crippen MR) is 122 cm³/mol. The number of pyridine rings is 1. The smallest absolute Gasteiger partial charge is 0.207 e. The van der Waals surface area contributed by atoms with Crippen LogP contribution in [-0.4, -0.2) is 0 Å². The van der Waals surface area contributed by atoms with Crippen molar-refractivity contribution in [3.8, 4) is 11.3 Å². The van der Waals surface area contributed by atoms with E-state index in [9.17, 15) is 0 Å². The molecule has 3 aliphatic carbocycles. The predicted octanol–water partition coefficient (Wildman–Crippen LogP) is 7.00. The fraction of sp³-hybridized carbons (Fsp3) is 0.464. The molecule has 0 saturated heterocycles. The third-order valence-electron chi connectivity index (χ3n) is 8.06. The Kier molecular flexibility index (Phi) is 4.44. The number of hydrogen-bond donors (Lipinski definition) is 0. The third-order valence-corrected chi connectivity index (χ3v) is 8.06. The summed E-state index contributed by atoms with van der Waals surface area (Å²) in [6.45, 7) is 8.40. The van der Waals surface area contributed by atoms with E-state index in [1.165, 1.54) is 42.4 Å². The number of aryl methyl sites for hydroxylation is 2. The second-order valence-corrected chi connectivity index (χ2v) is 9.91. The number of aromatic nitrogens is 1. The summed E-state index contributed by atoms with van der Waals surface area (Å²) in [6.07, 6.45) is 6.20. The molecular weight excluding hydrogens is 369 g/mol. The van der Waals surface area contributed by atoms with Gasteiger partial charge in [-0.25, -0.2) is 4.39 Å². The zero-order chi connectivity index (χ0) is 22.0. The summed E-state index contributed by atoms with van der Waals surface area (Å²) >= 11 is 0. The molecule has 3 aliphatic rings. The van der Waals surface area contributed by atoms with E-state index in [0.29, 0.717) is 17.9 Å². The number of halogens is 1. The molecular formula is C28H33FN+. The maximum Gasteiger partial charge on any atom is 0.220 e. The Morgan fingerprint density at radius 2 is 1.73 bits per heavy atom. The molecule has 30 heavy (non-hydrogen) atoms. The second-order valence-electron chi connectivity index (χ2n) is 9.91.